The number of hydrogen-bond acceptors (Lipinski definition) is 3. The van der Waals surface area contributed by atoms with Gasteiger partial charge in [0.05, 0.1) is 6.10 Å². The molecule has 4 N–H and O–H groups in total. The van der Waals surface area contributed by atoms with Crippen molar-refractivity contribution in [1.29, 1.82) is 0 Å². The summed E-state index contributed by atoms with van der Waals surface area (Å²) in [6, 6.07) is 3.42. The quantitative estimate of drug-likeness (QED) is 0.628. The van der Waals surface area contributed by atoms with Gasteiger partial charge in [-0.15, -0.1) is 0 Å². The summed E-state index contributed by atoms with van der Waals surface area (Å²) in [5.74, 6) is 0.250. The van der Waals surface area contributed by atoms with Crippen LogP contribution in [0, 0.1) is 0 Å². The first kappa shape index (κ1) is 9.49. The maximum absolute atomic E-state index is 9.75. The molecule has 76 valence electrons. The van der Waals surface area contributed by atoms with E-state index in [2.05, 4.69) is 0 Å². The smallest absolute Gasteiger partial charge is 0.120 e. The van der Waals surface area contributed by atoms with E-state index in [0.717, 1.165) is 36.0 Å². The van der Waals surface area contributed by atoms with Gasteiger partial charge in [-0.3, -0.25) is 0 Å². The predicted molar refractivity (Wildman–Crippen MR) is 53.9 cm³/mol. The largest absolute Gasteiger partial charge is 0.508 e. The molecule has 0 aromatic heterocycles. The van der Waals surface area contributed by atoms with Crippen LogP contribution in [0.2, 0.25) is 0 Å². The molecule has 0 aliphatic heterocycles. The summed E-state index contributed by atoms with van der Waals surface area (Å²) < 4.78 is 0. The summed E-state index contributed by atoms with van der Waals surface area (Å²) in [6.45, 7) is 0.335. The highest BCUT2D eigenvalue weighted by Crippen LogP contribution is 2.35. The summed E-state index contributed by atoms with van der Waals surface area (Å²) in [6.07, 6.45) is 2.30. The minimum atomic E-state index is -0.385. The van der Waals surface area contributed by atoms with Gasteiger partial charge >= 0.3 is 0 Å². The first-order valence-electron chi connectivity index (χ1n) is 4.95. The van der Waals surface area contributed by atoms with Gasteiger partial charge in [0.15, 0.2) is 0 Å². The Morgan fingerprint density at radius 2 is 2.21 bits per heavy atom. The van der Waals surface area contributed by atoms with E-state index in [0.29, 0.717) is 6.54 Å². The number of aliphatic hydroxyl groups excluding tert-OH is 1. The molecule has 2 rings (SSSR count). The number of hydrogen-bond donors (Lipinski definition) is 3. The molecule has 0 radical (unpaired) electrons. The summed E-state index contributed by atoms with van der Waals surface area (Å²) in [5.41, 5.74) is 8.36. The molecule has 0 saturated heterocycles. The Morgan fingerprint density at radius 1 is 1.43 bits per heavy atom. The average Bonchev–Trinajstić information content (AvgIpc) is 2.18. The number of phenols is 1. The van der Waals surface area contributed by atoms with Crippen LogP contribution < -0.4 is 5.73 Å². The number of fused-ring (bicyclic) bond motifs is 1. The molecule has 1 aliphatic rings. The molecule has 1 aromatic rings. The van der Waals surface area contributed by atoms with E-state index in [-0.39, 0.29) is 11.9 Å². The standard InChI is InChI=1S/C11H15NO2/c12-6-9-7-2-1-3-10(13)8(7)4-5-11(9)14/h4-5,10,13-14H,1-3,6,12H2. The van der Waals surface area contributed by atoms with Gasteiger partial charge in [0, 0.05) is 12.1 Å². The second-order valence-corrected chi connectivity index (χ2v) is 3.74. The maximum atomic E-state index is 9.75. The van der Waals surface area contributed by atoms with Gasteiger partial charge < -0.3 is 15.9 Å². The van der Waals surface area contributed by atoms with E-state index < -0.39 is 0 Å². The van der Waals surface area contributed by atoms with Crippen molar-refractivity contribution in [3.05, 3.63) is 28.8 Å². The minimum absolute atomic E-state index is 0.250. The average molecular weight is 193 g/mol. The molecule has 0 saturated carbocycles. The Labute approximate surface area is 83.2 Å². The van der Waals surface area contributed by atoms with E-state index in [9.17, 15) is 10.2 Å². The van der Waals surface area contributed by atoms with Gasteiger partial charge in [-0.1, -0.05) is 6.07 Å². The fourth-order valence-electron chi connectivity index (χ4n) is 2.16. The third kappa shape index (κ3) is 1.38. The highest BCUT2D eigenvalue weighted by atomic mass is 16.3. The molecule has 1 aliphatic carbocycles. The SMILES string of the molecule is NCc1c(O)ccc2c1CCCC2O. The van der Waals surface area contributed by atoms with Crippen LogP contribution in [0.25, 0.3) is 0 Å². The summed E-state index contributed by atoms with van der Waals surface area (Å²) in [5, 5.41) is 19.3. The second-order valence-electron chi connectivity index (χ2n) is 3.74. The molecular weight excluding hydrogens is 178 g/mol. The molecule has 14 heavy (non-hydrogen) atoms. The van der Waals surface area contributed by atoms with Gasteiger partial charge in [0.1, 0.15) is 5.75 Å². The van der Waals surface area contributed by atoms with Crippen LogP contribution in [0.4, 0.5) is 0 Å². The van der Waals surface area contributed by atoms with Gasteiger partial charge in [0.25, 0.3) is 0 Å². The Morgan fingerprint density at radius 3 is 2.93 bits per heavy atom. The molecule has 3 nitrogen and oxygen atoms in total. The molecule has 0 fully saturated rings. The lowest BCUT2D eigenvalue weighted by molar-refractivity contribution is 0.156. The number of aliphatic hydroxyl groups is 1. The van der Waals surface area contributed by atoms with Crippen LogP contribution in [0.15, 0.2) is 12.1 Å². The Hall–Kier alpha value is -1.06. The molecule has 3 heteroatoms. The lowest BCUT2D eigenvalue weighted by Crippen LogP contribution is -2.13. The highest BCUT2D eigenvalue weighted by molar-refractivity contribution is 5.46. The molecule has 1 unspecified atom stereocenters. The van der Waals surface area contributed by atoms with Crippen molar-refractivity contribution in [2.75, 3.05) is 0 Å². The van der Waals surface area contributed by atoms with Gasteiger partial charge in [-0.05, 0) is 36.5 Å². The molecule has 1 aromatic carbocycles. The second kappa shape index (κ2) is 3.59. The molecule has 0 amide bonds. The Balaban J connectivity index is 2.55. The fourth-order valence-corrected chi connectivity index (χ4v) is 2.16. The molecular formula is C11H15NO2. The van der Waals surface area contributed by atoms with E-state index in [1.54, 1.807) is 12.1 Å². The van der Waals surface area contributed by atoms with Crippen LogP contribution in [0.1, 0.15) is 35.6 Å². The lowest BCUT2D eigenvalue weighted by Gasteiger charge is -2.24. The zero-order valence-corrected chi connectivity index (χ0v) is 8.03. The van der Waals surface area contributed by atoms with Crippen molar-refractivity contribution in [2.45, 2.75) is 31.9 Å². The van der Waals surface area contributed by atoms with Gasteiger partial charge in [-0.25, -0.2) is 0 Å². The van der Waals surface area contributed by atoms with E-state index in [4.69, 9.17) is 5.73 Å². The minimum Gasteiger partial charge on any atom is -0.508 e. The first-order chi connectivity index (χ1) is 6.74. The third-order valence-electron chi connectivity index (χ3n) is 2.91. The van der Waals surface area contributed by atoms with E-state index in [1.165, 1.54) is 0 Å². The Kier molecular flexibility index (Phi) is 2.44. The van der Waals surface area contributed by atoms with Crippen molar-refractivity contribution >= 4 is 0 Å². The van der Waals surface area contributed by atoms with Crippen molar-refractivity contribution in [1.82, 2.24) is 0 Å². The number of nitrogens with two attached hydrogens (primary N) is 1. The summed E-state index contributed by atoms with van der Waals surface area (Å²) in [4.78, 5) is 0. The summed E-state index contributed by atoms with van der Waals surface area (Å²) >= 11 is 0. The topological polar surface area (TPSA) is 66.5 Å². The van der Waals surface area contributed by atoms with Crippen molar-refractivity contribution < 1.29 is 10.2 Å². The van der Waals surface area contributed by atoms with Gasteiger partial charge in [0.2, 0.25) is 0 Å². The van der Waals surface area contributed by atoms with Crippen LogP contribution in [-0.2, 0) is 13.0 Å². The normalized spacial score (nSPS) is 20.6. The Bertz CT molecular complexity index is 349. The monoisotopic (exact) mass is 193 g/mol. The maximum Gasteiger partial charge on any atom is 0.120 e. The number of benzene rings is 1. The highest BCUT2D eigenvalue weighted by Gasteiger charge is 2.21. The van der Waals surface area contributed by atoms with Crippen LogP contribution >= 0.6 is 0 Å². The van der Waals surface area contributed by atoms with Crippen LogP contribution in [-0.4, -0.2) is 10.2 Å². The third-order valence-corrected chi connectivity index (χ3v) is 2.91. The lowest BCUT2D eigenvalue weighted by atomic mass is 9.86. The molecule has 0 spiro atoms. The number of phenolic OH excluding ortho intramolecular Hbond substituents is 1. The summed E-state index contributed by atoms with van der Waals surface area (Å²) in [7, 11) is 0. The van der Waals surface area contributed by atoms with E-state index >= 15 is 0 Å². The molecule has 0 heterocycles. The zero-order chi connectivity index (χ0) is 10.1. The van der Waals surface area contributed by atoms with Crippen molar-refractivity contribution in [3.8, 4) is 5.75 Å². The first-order valence-corrected chi connectivity index (χ1v) is 4.95. The fraction of sp³-hybridized carbons (Fsp3) is 0.455. The van der Waals surface area contributed by atoms with Crippen LogP contribution in [0.3, 0.4) is 0 Å². The van der Waals surface area contributed by atoms with Crippen molar-refractivity contribution in [2.24, 2.45) is 5.73 Å². The number of aromatic hydroxyl groups is 1. The van der Waals surface area contributed by atoms with Crippen LogP contribution in [0.5, 0.6) is 5.75 Å². The molecule has 1 atom stereocenters. The van der Waals surface area contributed by atoms with E-state index in [1.807, 2.05) is 0 Å². The van der Waals surface area contributed by atoms with Crippen molar-refractivity contribution in [3.63, 3.8) is 0 Å². The van der Waals surface area contributed by atoms with Gasteiger partial charge in [-0.2, -0.15) is 0 Å². The molecule has 0 bridgehead atoms. The zero-order valence-electron chi connectivity index (χ0n) is 8.03. The predicted octanol–water partition coefficient (Wildman–Crippen LogP) is 1.22. The number of rotatable bonds is 1.